The quantitative estimate of drug-likeness (QED) is 0.544. The third kappa shape index (κ3) is 7.19. The first-order chi connectivity index (χ1) is 13.1. The Bertz CT molecular complexity index is 963. The van der Waals surface area contributed by atoms with E-state index in [9.17, 15) is 17.3 Å². The highest BCUT2D eigenvalue weighted by Gasteiger charge is 2.20. The Morgan fingerprint density at radius 3 is 2.21 bits per heavy atom. The number of nitrogens with zero attached hydrogens (tertiary/aromatic N) is 1. The molecule has 0 saturated carbocycles. The van der Waals surface area contributed by atoms with Crippen LogP contribution in [0.2, 0.25) is 0 Å². The van der Waals surface area contributed by atoms with Crippen LogP contribution in [0.3, 0.4) is 0 Å². The summed E-state index contributed by atoms with van der Waals surface area (Å²) in [7, 11) is -1.83. The van der Waals surface area contributed by atoms with Crippen molar-refractivity contribution < 1.29 is 26.7 Å². The Morgan fingerprint density at radius 2 is 1.61 bits per heavy atom. The van der Waals surface area contributed by atoms with Gasteiger partial charge in [-0.15, -0.1) is 0 Å². The van der Waals surface area contributed by atoms with E-state index in [2.05, 4.69) is 61.2 Å². The molecule has 3 nitrogen and oxygen atoms in total. The Hall–Kier alpha value is -2.61. The predicted molar refractivity (Wildman–Crippen MR) is 104 cm³/mol. The van der Waals surface area contributed by atoms with Crippen molar-refractivity contribution in [3.8, 4) is 11.3 Å². The highest BCUT2D eigenvalue weighted by Crippen LogP contribution is 2.21. The molecular formula is C20H23BF4N2O. The molecule has 150 valence electrons. The summed E-state index contributed by atoms with van der Waals surface area (Å²) < 4.78 is 45.1. The molecule has 0 unspecified atom stereocenters. The number of nitrogens with one attached hydrogen (secondary N) is 1. The van der Waals surface area contributed by atoms with Crippen molar-refractivity contribution >= 4 is 18.2 Å². The van der Waals surface area contributed by atoms with Gasteiger partial charge in [0.2, 0.25) is 5.36 Å². The Morgan fingerprint density at radius 1 is 0.964 bits per heavy atom. The standard InChI is InChI=1S/C20H22N2O.BF4/c1-15-9-10-19-17(13-15)18(21-11-12-22(2)3)14-20(23-19)16-7-5-4-6-8-16;2-1(3,4)5/h4-10,13-14H,11-12H2,1-3H3;/q;-1/p+1. The van der Waals surface area contributed by atoms with E-state index in [1.807, 2.05) is 24.3 Å². The van der Waals surface area contributed by atoms with Crippen molar-refractivity contribution in [2.75, 3.05) is 27.2 Å². The Labute approximate surface area is 161 Å². The minimum absolute atomic E-state index is 0.884. The highest BCUT2D eigenvalue weighted by molar-refractivity contribution is 6.50. The van der Waals surface area contributed by atoms with Gasteiger partial charge in [-0.05, 0) is 33.2 Å². The van der Waals surface area contributed by atoms with E-state index in [1.165, 1.54) is 5.56 Å². The fraction of sp³-hybridized carbons (Fsp3) is 0.250. The van der Waals surface area contributed by atoms with E-state index in [0.29, 0.717) is 0 Å². The van der Waals surface area contributed by atoms with Gasteiger partial charge in [-0.25, -0.2) is 4.99 Å². The highest BCUT2D eigenvalue weighted by atomic mass is 19.5. The second-order valence-electron chi connectivity index (χ2n) is 6.61. The van der Waals surface area contributed by atoms with E-state index < -0.39 is 7.25 Å². The molecule has 1 heterocycles. The number of aryl methyl sites for hydroxylation is 1. The zero-order chi connectivity index (χ0) is 20.7. The second-order valence-corrected chi connectivity index (χ2v) is 6.61. The monoisotopic (exact) mass is 394 g/mol. The Kier molecular flexibility index (Phi) is 7.40. The molecule has 8 heteroatoms. The molecule has 0 spiro atoms. The van der Waals surface area contributed by atoms with E-state index in [-0.39, 0.29) is 0 Å². The molecular weight excluding hydrogens is 371 g/mol. The molecule has 0 aliphatic heterocycles. The van der Waals surface area contributed by atoms with Crippen LogP contribution in [-0.2, 0) is 0 Å². The van der Waals surface area contributed by atoms with Crippen molar-refractivity contribution in [2.45, 2.75) is 6.92 Å². The zero-order valence-corrected chi connectivity index (χ0v) is 16.1. The summed E-state index contributed by atoms with van der Waals surface area (Å²) in [6.45, 7) is 3.99. The van der Waals surface area contributed by atoms with Gasteiger partial charge in [-0.1, -0.05) is 42.0 Å². The lowest BCUT2D eigenvalue weighted by Gasteiger charge is -2.05. The fourth-order valence-electron chi connectivity index (χ4n) is 2.61. The molecule has 0 saturated heterocycles. The van der Waals surface area contributed by atoms with Gasteiger partial charge in [0.25, 0.3) is 0 Å². The molecule has 2 aromatic carbocycles. The van der Waals surface area contributed by atoms with Crippen LogP contribution in [0.25, 0.3) is 22.3 Å². The van der Waals surface area contributed by atoms with Crippen LogP contribution in [-0.4, -0.2) is 39.3 Å². The largest absolute Gasteiger partial charge is 0.673 e. The van der Waals surface area contributed by atoms with Gasteiger partial charge >= 0.3 is 7.25 Å². The lowest BCUT2D eigenvalue weighted by molar-refractivity contribution is -0.499. The number of rotatable bonds is 4. The summed E-state index contributed by atoms with van der Waals surface area (Å²) in [4.78, 5) is 5.73. The molecule has 1 N–H and O–H groups in total. The molecule has 0 fully saturated rings. The van der Waals surface area contributed by atoms with E-state index >= 15 is 0 Å². The van der Waals surface area contributed by atoms with Crippen molar-refractivity contribution in [3.05, 3.63) is 65.5 Å². The number of fused-ring (bicyclic) bond motifs is 1. The first-order valence-corrected chi connectivity index (χ1v) is 8.82. The van der Waals surface area contributed by atoms with Gasteiger partial charge in [0.1, 0.15) is 11.3 Å². The minimum Gasteiger partial charge on any atom is -0.456 e. The summed E-state index contributed by atoms with van der Waals surface area (Å²) in [5.41, 5.74) is 3.23. The second kappa shape index (κ2) is 9.55. The maximum absolute atomic E-state index is 9.75. The zero-order valence-electron chi connectivity index (χ0n) is 16.1. The number of halogens is 4. The van der Waals surface area contributed by atoms with Crippen LogP contribution in [0.4, 0.5) is 17.3 Å². The minimum atomic E-state index is -6.00. The van der Waals surface area contributed by atoms with E-state index in [4.69, 9.17) is 4.42 Å². The SMILES string of the molecule is Cc1ccc2oc(-c3ccccc3)cc(=[NH+]CCN(C)C)c2c1.F[B-](F)(F)F. The average molecular weight is 394 g/mol. The van der Waals surface area contributed by atoms with Crippen molar-refractivity contribution in [1.29, 1.82) is 0 Å². The smallest absolute Gasteiger partial charge is 0.456 e. The number of hydrogen-bond acceptors (Lipinski definition) is 2. The number of benzene rings is 2. The predicted octanol–water partition coefficient (Wildman–Crippen LogP) is 3.25. The molecule has 0 atom stereocenters. The lowest BCUT2D eigenvalue weighted by Crippen LogP contribution is -2.78. The van der Waals surface area contributed by atoms with Crippen molar-refractivity contribution in [3.63, 3.8) is 0 Å². The van der Waals surface area contributed by atoms with Crippen LogP contribution < -0.4 is 10.3 Å². The maximum atomic E-state index is 9.75. The van der Waals surface area contributed by atoms with Crippen LogP contribution in [0, 0.1) is 6.92 Å². The Balaban J connectivity index is 0.000000500. The lowest BCUT2D eigenvalue weighted by atomic mass is 10.1. The molecule has 1 aromatic heterocycles. The van der Waals surface area contributed by atoms with Gasteiger partial charge < -0.3 is 26.6 Å². The van der Waals surface area contributed by atoms with E-state index in [0.717, 1.165) is 40.7 Å². The summed E-state index contributed by atoms with van der Waals surface area (Å²) in [5.74, 6) is 0.884. The van der Waals surface area contributed by atoms with Gasteiger partial charge in [0, 0.05) is 5.56 Å². The van der Waals surface area contributed by atoms with Crippen LogP contribution >= 0.6 is 0 Å². The molecule has 0 aliphatic carbocycles. The molecule has 28 heavy (non-hydrogen) atoms. The average Bonchev–Trinajstić information content (AvgIpc) is 2.61. The molecule has 3 aromatic rings. The third-order valence-electron chi connectivity index (χ3n) is 3.85. The first kappa shape index (κ1) is 21.7. The fourth-order valence-corrected chi connectivity index (χ4v) is 2.61. The molecule has 0 aliphatic rings. The van der Waals surface area contributed by atoms with Gasteiger partial charge in [0.05, 0.1) is 18.0 Å². The summed E-state index contributed by atoms with van der Waals surface area (Å²) in [6.07, 6.45) is 0. The summed E-state index contributed by atoms with van der Waals surface area (Å²) >= 11 is 0. The normalized spacial score (nSPS) is 12.2. The molecule has 0 radical (unpaired) electrons. The topological polar surface area (TPSA) is 30.4 Å². The van der Waals surface area contributed by atoms with E-state index in [1.54, 1.807) is 0 Å². The van der Waals surface area contributed by atoms with Crippen LogP contribution in [0.5, 0.6) is 0 Å². The molecule has 0 amide bonds. The van der Waals surface area contributed by atoms with Crippen molar-refractivity contribution in [1.82, 2.24) is 4.90 Å². The van der Waals surface area contributed by atoms with Gasteiger partial charge in [-0.3, -0.25) is 0 Å². The summed E-state index contributed by atoms with van der Waals surface area (Å²) in [5, 5.41) is 2.25. The van der Waals surface area contributed by atoms with Crippen molar-refractivity contribution in [2.24, 2.45) is 0 Å². The van der Waals surface area contributed by atoms with Crippen LogP contribution in [0.15, 0.2) is 59.0 Å². The number of likely N-dealkylation sites (N-methyl/N-ethyl adjacent to an activating group) is 1. The number of hydrogen-bond donors (Lipinski definition) is 1. The maximum Gasteiger partial charge on any atom is 0.673 e. The molecule has 0 bridgehead atoms. The summed E-state index contributed by atoms with van der Waals surface area (Å²) in [6, 6.07) is 18.6. The van der Waals surface area contributed by atoms with Crippen LogP contribution in [0.1, 0.15) is 5.56 Å². The van der Waals surface area contributed by atoms with Gasteiger partial charge in [0.15, 0.2) is 6.54 Å². The van der Waals surface area contributed by atoms with Gasteiger partial charge in [-0.2, -0.15) is 0 Å². The first-order valence-electron chi connectivity index (χ1n) is 8.82. The molecule has 3 rings (SSSR count). The third-order valence-corrected chi connectivity index (χ3v) is 3.85.